The Hall–Kier alpha value is -2.71. The largest absolute Gasteiger partial charge is 0.496 e. The minimum atomic E-state index is 0.437. The number of para-hydroxylation sites is 1. The van der Waals surface area contributed by atoms with Gasteiger partial charge in [0, 0.05) is 18.4 Å². The summed E-state index contributed by atoms with van der Waals surface area (Å²) in [7, 11) is 5.72. The van der Waals surface area contributed by atoms with E-state index in [1.807, 2.05) is 62.6 Å². The maximum absolute atomic E-state index is 5.83. The molecule has 166 valence electrons. The Morgan fingerprint density at radius 1 is 0.968 bits per heavy atom. The molecule has 0 radical (unpaired) electrons. The van der Waals surface area contributed by atoms with Gasteiger partial charge >= 0.3 is 0 Å². The van der Waals surface area contributed by atoms with Gasteiger partial charge in [0.1, 0.15) is 17.2 Å². The number of hydrogen-bond acceptors (Lipinski definition) is 8. The highest BCUT2D eigenvalue weighted by Gasteiger charge is 2.15. The van der Waals surface area contributed by atoms with Crippen molar-refractivity contribution in [3.63, 3.8) is 0 Å². The van der Waals surface area contributed by atoms with Crippen LogP contribution in [0.4, 0.5) is 0 Å². The van der Waals surface area contributed by atoms with Gasteiger partial charge in [0.2, 0.25) is 5.89 Å². The van der Waals surface area contributed by atoms with E-state index in [0.29, 0.717) is 36.5 Å². The molecule has 0 atom stereocenters. The molecule has 0 saturated heterocycles. The summed E-state index contributed by atoms with van der Waals surface area (Å²) in [6, 6.07) is 15.4. The molecule has 31 heavy (non-hydrogen) atoms. The van der Waals surface area contributed by atoms with Crippen LogP contribution in [0.15, 0.2) is 52.9 Å². The standard InChI is InChI=1S/C23H29N3O4S/c1-26(2)12-7-13-28-19-10-11-20(21(16-19)27-3)23-25-24-22(30-23)17-31-15-14-29-18-8-5-4-6-9-18/h4-6,8-11,16H,7,12-15,17H2,1-3H3. The highest BCUT2D eigenvalue weighted by atomic mass is 32.2. The number of ether oxygens (including phenoxy) is 3. The Morgan fingerprint density at radius 2 is 1.77 bits per heavy atom. The van der Waals surface area contributed by atoms with Crippen LogP contribution in [0.3, 0.4) is 0 Å². The highest BCUT2D eigenvalue weighted by Crippen LogP contribution is 2.33. The average Bonchev–Trinajstić information content (AvgIpc) is 3.25. The predicted molar refractivity (Wildman–Crippen MR) is 123 cm³/mol. The number of aromatic nitrogens is 2. The summed E-state index contributed by atoms with van der Waals surface area (Å²) in [5.41, 5.74) is 0.749. The molecule has 0 unspecified atom stereocenters. The van der Waals surface area contributed by atoms with Gasteiger partial charge < -0.3 is 23.5 Å². The third-order valence-electron chi connectivity index (χ3n) is 4.35. The molecule has 3 aromatic rings. The molecule has 0 aliphatic rings. The number of hydrogen-bond donors (Lipinski definition) is 0. The van der Waals surface area contributed by atoms with Gasteiger partial charge in [-0.1, -0.05) is 18.2 Å². The number of methoxy groups -OCH3 is 1. The van der Waals surface area contributed by atoms with Gasteiger partial charge in [-0.05, 0) is 44.8 Å². The van der Waals surface area contributed by atoms with Crippen LogP contribution < -0.4 is 14.2 Å². The highest BCUT2D eigenvalue weighted by molar-refractivity contribution is 7.98. The Morgan fingerprint density at radius 3 is 2.55 bits per heavy atom. The first-order chi connectivity index (χ1) is 15.2. The zero-order chi connectivity index (χ0) is 21.9. The number of thioether (sulfide) groups is 1. The smallest absolute Gasteiger partial charge is 0.251 e. The van der Waals surface area contributed by atoms with E-state index in [1.54, 1.807) is 18.9 Å². The van der Waals surface area contributed by atoms with E-state index in [2.05, 4.69) is 15.1 Å². The second-order valence-electron chi connectivity index (χ2n) is 7.08. The lowest BCUT2D eigenvalue weighted by Gasteiger charge is -2.12. The van der Waals surface area contributed by atoms with E-state index < -0.39 is 0 Å². The molecule has 0 spiro atoms. The summed E-state index contributed by atoms with van der Waals surface area (Å²) in [4.78, 5) is 2.13. The van der Waals surface area contributed by atoms with E-state index in [4.69, 9.17) is 18.6 Å². The van der Waals surface area contributed by atoms with Crippen molar-refractivity contribution in [2.45, 2.75) is 12.2 Å². The van der Waals surface area contributed by atoms with Crippen LogP contribution in [0.5, 0.6) is 17.2 Å². The third-order valence-corrected chi connectivity index (χ3v) is 5.26. The number of benzene rings is 2. The van der Waals surface area contributed by atoms with Gasteiger partial charge in [0.25, 0.3) is 5.89 Å². The molecule has 3 rings (SSSR count). The van der Waals surface area contributed by atoms with Gasteiger partial charge in [0.05, 0.1) is 31.6 Å². The molecular weight excluding hydrogens is 414 g/mol. The fourth-order valence-corrected chi connectivity index (χ4v) is 3.46. The first kappa shape index (κ1) is 23.0. The molecule has 1 aromatic heterocycles. The van der Waals surface area contributed by atoms with E-state index in [9.17, 15) is 0 Å². The lowest BCUT2D eigenvalue weighted by atomic mass is 10.2. The second kappa shape index (κ2) is 12.2. The Balaban J connectivity index is 1.48. The zero-order valence-corrected chi connectivity index (χ0v) is 19.1. The van der Waals surface area contributed by atoms with E-state index in [1.165, 1.54) is 0 Å². The molecule has 0 aliphatic carbocycles. The van der Waals surface area contributed by atoms with Crippen molar-refractivity contribution in [1.82, 2.24) is 15.1 Å². The number of nitrogens with zero attached hydrogens (tertiary/aromatic N) is 3. The Labute approximate surface area is 187 Å². The first-order valence-electron chi connectivity index (χ1n) is 10.2. The molecule has 1 heterocycles. The van der Waals surface area contributed by atoms with Crippen molar-refractivity contribution >= 4 is 11.8 Å². The molecule has 2 aromatic carbocycles. The van der Waals surface area contributed by atoms with Crippen LogP contribution in [0.2, 0.25) is 0 Å². The quantitative estimate of drug-likeness (QED) is 0.360. The van der Waals surface area contributed by atoms with Gasteiger partial charge in [-0.2, -0.15) is 0 Å². The average molecular weight is 444 g/mol. The molecule has 0 bridgehead atoms. The van der Waals surface area contributed by atoms with Crippen LogP contribution in [0.1, 0.15) is 12.3 Å². The molecule has 0 fully saturated rings. The van der Waals surface area contributed by atoms with Crippen molar-refractivity contribution in [2.24, 2.45) is 0 Å². The lowest BCUT2D eigenvalue weighted by Crippen LogP contribution is -2.15. The summed E-state index contributed by atoms with van der Waals surface area (Å²) in [5, 5.41) is 8.33. The van der Waals surface area contributed by atoms with Gasteiger partial charge in [-0.15, -0.1) is 22.0 Å². The van der Waals surface area contributed by atoms with Crippen molar-refractivity contribution in [3.8, 4) is 28.7 Å². The summed E-state index contributed by atoms with van der Waals surface area (Å²) in [6.07, 6.45) is 0.956. The van der Waals surface area contributed by atoms with E-state index in [-0.39, 0.29) is 0 Å². The number of rotatable bonds is 13. The second-order valence-corrected chi connectivity index (χ2v) is 8.19. The lowest BCUT2D eigenvalue weighted by molar-refractivity contribution is 0.280. The van der Waals surface area contributed by atoms with E-state index in [0.717, 1.165) is 35.8 Å². The van der Waals surface area contributed by atoms with Crippen LogP contribution in [-0.2, 0) is 5.75 Å². The zero-order valence-electron chi connectivity index (χ0n) is 18.2. The topological polar surface area (TPSA) is 69.9 Å². The Kier molecular flexibility index (Phi) is 9.05. The summed E-state index contributed by atoms with van der Waals surface area (Å²) >= 11 is 1.68. The minimum absolute atomic E-state index is 0.437. The first-order valence-corrected chi connectivity index (χ1v) is 11.3. The van der Waals surface area contributed by atoms with Crippen molar-refractivity contribution in [2.75, 3.05) is 46.7 Å². The van der Waals surface area contributed by atoms with Gasteiger partial charge in [0.15, 0.2) is 0 Å². The Bertz CT molecular complexity index is 918. The predicted octanol–water partition coefficient (Wildman–Crippen LogP) is 4.39. The molecule has 0 aliphatic heterocycles. The molecule has 0 saturated carbocycles. The molecule has 0 N–H and O–H groups in total. The minimum Gasteiger partial charge on any atom is -0.496 e. The maximum Gasteiger partial charge on any atom is 0.251 e. The van der Waals surface area contributed by atoms with Crippen molar-refractivity contribution in [1.29, 1.82) is 0 Å². The van der Waals surface area contributed by atoms with Crippen molar-refractivity contribution < 1.29 is 18.6 Å². The molecule has 0 amide bonds. The van der Waals surface area contributed by atoms with Crippen LogP contribution in [-0.4, -0.2) is 61.8 Å². The van der Waals surface area contributed by atoms with Crippen LogP contribution >= 0.6 is 11.8 Å². The summed E-state index contributed by atoms with van der Waals surface area (Å²) < 4.78 is 22.8. The molecule has 8 heteroatoms. The van der Waals surface area contributed by atoms with Gasteiger partial charge in [-0.3, -0.25) is 0 Å². The summed E-state index contributed by atoms with van der Waals surface area (Å²) in [5.74, 6) is 4.74. The monoisotopic (exact) mass is 443 g/mol. The van der Waals surface area contributed by atoms with Gasteiger partial charge in [-0.25, -0.2) is 0 Å². The third kappa shape index (κ3) is 7.48. The fraction of sp³-hybridized carbons (Fsp3) is 0.391. The van der Waals surface area contributed by atoms with E-state index >= 15 is 0 Å². The molecule has 7 nitrogen and oxygen atoms in total. The van der Waals surface area contributed by atoms with Crippen LogP contribution in [0.25, 0.3) is 11.5 Å². The SMILES string of the molecule is COc1cc(OCCCN(C)C)ccc1-c1nnc(CSCCOc2ccccc2)o1. The maximum atomic E-state index is 5.83. The molecular formula is C23H29N3O4S. The normalized spacial score (nSPS) is 11.0. The fourth-order valence-electron chi connectivity index (χ4n) is 2.82. The van der Waals surface area contributed by atoms with Crippen molar-refractivity contribution in [3.05, 3.63) is 54.4 Å². The summed E-state index contributed by atoms with van der Waals surface area (Å²) in [6.45, 7) is 2.26. The van der Waals surface area contributed by atoms with Crippen LogP contribution in [0, 0.1) is 0 Å².